The second-order valence-corrected chi connectivity index (χ2v) is 4.48. The van der Waals surface area contributed by atoms with Gasteiger partial charge in [-0.15, -0.1) is 0 Å². The van der Waals surface area contributed by atoms with Gasteiger partial charge in [0.2, 0.25) is 0 Å². The zero-order valence-corrected chi connectivity index (χ0v) is 11.1. The molecule has 0 amide bonds. The van der Waals surface area contributed by atoms with E-state index in [0.29, 0.717) is 6.04 Å². The summed E-state index contributed by atoms with van der Waals surface area (Å²) in [6.45, 7) is 6.74. The molecule has 0 aliphatic carbocycles. The molecule has 0 saturated carbocycles. The van der Waals surface area contributed by atoms with Crippen LogP contribution in [-0.4, -0.2) is 32.8 Å². The first kappa shape index (κ1) is 14.0. The number of rotatable bonds is 7. The lowest BCUT2D eigenvalue weighted by Crippen LogP contribution is -2.37. The van der Waals surface area contributed by atoms with Gasteiger partial charge in [-0.2, -0.15) is 0 Å². The molecule has 17 heavy (non-hydrogen) atoms. The molecule has 0 fully saturated rings. The van der Waals surface area contributed by atoms with Crippen LogP contribution < -0.4 is 10.6 Å². The highest BCUT2D eigenvalue weighted by Gasteiger charge is 2.13. The highest BCUT2D eigenvalue weighted by molar-refractivity contribution is 5.49. The van der Waals surface area contributed by atoms with Crippen molar-refractivity contribution < 1.29 is 4.74 Å². The fourth-order valence-corrected chi connectivity index (χ4v) is 2.00. The SMILES string of the molecule is COCC(C)N(CCCN)c1cccc(C)c1. The van der Waals surface area contributed by atoms with E-state index >= 15 is 0 Å². The van der Waals surface area contributed by atoms with Crippen LogP contribution in [0.4, 0.5) is 5.69 Å². The highest BCUT2D eigenvalue weighted by Crippen LogP contribution is 2.19. The zero-order chi connectivity index (χ0) is 12.7. The van der Waals surface area contributed by atoms with Gasteiger partial charge in [-0.25, -0.2) is 0 Å². The van der Waals surface area contributed by atoms with Crippen LogP contribution >= 0.6 is 0 Å². The molecule has 96 valence electrons. The van der Waals surface area contributed by atoms with E-state index in [1.54, 1.807) is 7.11 Å². The van der Waals surface area contributed by atoms with E-state index in [4.69, 9.17) is 10.5 Å². The van der Waals surface area contributed by atoms with Crippen LogP contribution in [0.5, 0.6) is 0 Å². The van der Waals surface area contributed by atoms with E-state index in [1.807, 2.05) is 0 Å². The van der Waals surface area contributed by atoms with Gasteiger partial charge >= 0.3 is 0 Å². The van der Waals surface area contributed by atoms with Crippen LogP contribution in [0.2, 0.25) is 0 Å². The number of methoxy groups -OCH3 is 1. The van der Waals surface area contributed by atoms with E-state index in [1.165, 1.54) is 11.3 Å². The van der Waals surface area contributed by atoms with Gasteiger partial charge < -0.3 is 15.4 Å². The third kappa shape index (κ3) is 4.36. The quantitative estimate of drug-likeness (QED) is 0.788. The zero-order valence-electron chi connectivity index (χ0n) is 11.1. The lowest BCUT2D eigenvalue weighted by molar-refractivity contribution is 0.181. The predicted octanol–water partition coefficient (Wildman–Crippen LogP) is 2.19. The highest BCUT2D eigenvalue weighted by atomic mass is 16.5. The Hall–Kier alpha value is -1.06. The molecule has 3 heteroatoms. The molecule has 1 unspecified atom stereocenters. The number of benzene rings is 1. The van der Waals surface area contributed by atoms with Crippen molar-refractivity contribution >= 4 is 5.69 Å². The Bertz CT molecular complexity index is 328. The monoisotopic (exact) mass is 236 g/mol. The van der Waals surface area contributed by atoms with Gasteiger partial charge in [-0.1, -0.05) is 12.1 Å². The van der Waals surface area contributed by atoms with Gasteiger partial charge in [0.1, 0.15) is 0 Å². The molecule has 0 radical (unpaired) electrons. The lowest BCUT2D eigenvalue weighted by atomic mass is 10.1. The maximum Gasteiger partial charge on any atom is 0.0663 e. The van der Waals surface area contributed by atoms with Crippen LogP contribution in [0, 0.1) is 6.92 Å². The molecule has 0 aliphatic heterocycles. The molecule has 0 bridgehead atoms. The summed E-state index contributed by atoms with van der Waals surface area (Å²) in [6, 6.07) is 8.94. The Labute approximate surface area is 105 Å². The smallest absolute Gasteiger partial charge is 0.0663 e. The number of nitrogens with two attached hydrogens (primary N) is 1. The van der Waals surface area contributed by atoms with Gasteiger partial charge in [0, 0.05) is 25.4 Å². The topological polar surface area (TPSA) is 38.5 Å². The molecule has 1 aromatic carbocycles. The van der Waals surface area contributed by atoms with Crippen LogP contribution in [-0.2, 0) is 4.74 Å². The largest absolute Gasteiger partial charge is 0.383 e. The Morgan fingerprint density at radius 1 is 1.41 bits per heavy atom. The fourth-order valence-electron chi connectivity index (χ4n) is 2.00. The lowest BCUT2D eigenvalue weighted by Gasteiger charge is -2.31. The van der Waals surface area contributed by atoms with Crippen molar-refractivity contribution in [1.82, 2.24) is 0 Å². The van der Waals surface area contributed by atoms with Crippen molar-refractivity contribution in [2.45, 2.75) is 26.3 Å². The van der Waals surface area contributed by atoms with Crippen LogP contribution in [0.15, 0.2) is 24.3 Å². The molecule has 0 aromatic heterocycles. The number of nitrogens with zero attached hydrogens (tertiary/aromatic N) is 1. The average Bonchev–Trinajstić information content (AvgIpc) is 2.30. The first-order valence-electron chi connectivity index (χ1n) is 6.21. The minimum atomic E-state index is 0.369. The van der Waals surface area contributed by atoms with Crippen LogP contribution in [0.25, 0.3) is 0 Å². The molecular formula is C14H24N2O. The summed E-state index contributed by atoms with van der Waals surface area (Å²) >= 11 is 0. The van der Waals surface area contributed by atoms with Crippen molar-refractivity contribution in [3.63, 3.8) is 0 Å². The normalized spacial score (nSPS) is 12.5. The molecule has 0 spiro atoms. The molecule has 1 rings (SSSR count). The van der Waals surface area contributed by atoms with E-state index in [0.717, 1.165) is 26.1 Å². The number of ether oxygens (including phenoxy) is 1. The number of anilines is 1. The minimum Gasteiger partial charge on any atom is -0.383 e. The molecular weight excluding hydrogens is 212 g/mol. The first-order chi connectivity index (χ1) is 8.19. The molecule has 0 aliphatic rings. The van der Waals surface area contributed by atoms with Crippen LogP contribution in [0.3, 0.4) is 0 Å². The van der Waals surface area contributed by atoms with Crippen molar-refractivity contribution in [3.8, 4) is 0 Å². The third-order valence-corrected chi connectivity index (χ3v) is 2.88. The first-order valence-corrected chi connectivity index (χ1v) is 6.21. The van der Waals surface area contributed by atoms with Crippen molar-refractivity contribution in [1.29, 1.82) is 0 Å². The van der Waals surface area contributed by atoms with Gasteiger partial charge in [0.05, 0.1) is 6.61 Å². The maximum atomic E-state index is 5.60. The summed E-state index contributed by atoms with van der Waals surface area (Å²) in [5, 5.41) is 0. The Morgan fingerprint density at radius 2 is 2.18 bits per heavy atom. The average molecular weight is 236 g/mol. The van der Waals surface area contributed by atoms with Crippen LogP contribution in [0.1, 0.15) is 18.9 Å². The molecule has 1 aromatic rings. The fraction of sp³-hybridized carbons (Fsp3) is 0.571. The van der Waals surface area contributed by atoms with E-state index in [2.05, 4.69) is 43.0 Å². The molecule has 2 N–H and O–H groups in total. The molecule has 1 atom stereocenters. The molecule has 0 heterocycles. The van der Waals surface area contributed by atoms with E-state index < -0.39 is 0 Å². The molecule has 3 nitrogen and oxygen atoms in total. The number of aryl methyl sites for hydroxylation is 1. The Morgan fingerprint density at radius 3 is 2.76 bits per heavy atom. The summed E-state index contributed by atoms with van der Waals surface area (Å²) in [5.74, 6) is 0. The standard InChI is InChI=1S/C14H24N2O/c1-12-6-4-7-14(10-12)16(9-5-8-15)13(2)11-17-3/h4,6-7,10,13H,5,8-9,11,15H2,1-3H3. The Kier molecular flexibility index (Phi) is 6.01. The maximum absolute atomic E-state index is 5.60. The van der Waals surface area contributed by atoms with Crippen molar-refractivity contribution in [2.75, 3.05) is 31.7 Å². The summed E-state index contributed by atoms with van der Waals surface area (Å²) in [5.41, 5.74) is 8.14. The number of hydrogen-bond donors (Lipinski definition) is 1. The minimum absolute atomic E-state index is 0.369. The predicted molar refractivity (Wildman–Crippen MR) is 73.5 cm³/mol. The second kappa shape index (κ2) is 7.30. The summed E-state index contributed by atoms with van der Waals surface area (Å²) in [6.07, 6.45) is 1.00. The summed E-state index contributed by atoms with van der Waals surface area (Å²) in [4.78, 5) is 2.36. The van der Waals surface area contributed by atoms with E-state index in [-0.39, 0.29) is 0 Å². The Balaban J connectivity index is 2.81. The van der Waals surface area contributed by atoms with Gasteiger partial charge in [0.15, 0.2) is 0 Å². The van der Waals surface area contributed by atoms with Gasteiger partial charge in [-0.05, 0) is 44.5 Å². The van der Waals surface area contributed by atoms with Gasteiger partial charge in [0.25, 0.3) is 0 Å². The van der Waals surface area contributed by atoms with E-state index in [9.17, 15) is 0 Å². The number of hydrogen-bond acceptors (Lipinski definition) is 3. The molecule has 0 saturated heterocycles. The second-order valence-electron chi connectivity index (χ2n) is 4.48. The van der Waals surface area contributed by atoms with Crippen molar-refractivity contribution in [2.24, 2.45) is 5.73 Å². The third-order valence-electron chi connectivity index (χ3n) is 2.88. The summed E-state index contributed by atoms with van der Waals surface area (Å²) < 4.78 is 5.24. The summed E-state index contributed by atoms with van der Waals surface area (Å²) in [7, 11) is 1.74. The van der Waals surface area contributed by atoms with Crippen molar-refractivity contribution in [3.05, 3.63) is 29.8 Å². The van der Waals surface area contributed by atoms with Gasteiger partial charge in [-0.3, -0.25) is 0 Å².